The second-order valence-electron chi connectivity index (χ2n) is 4.30. The fourth-order valence-electron chi connectivity index (χ4n) is 2.17. The van der Waals surface area contributed by atoms with Crippen molar-refractivity contribution in [3.63, 3.8) is 0 Å². The molecule has 1 aliphatic rings. The van der Waals surface area contributed by atoms with Gasteiger partial charge in [0, 0.05) is 29.8 Å². The molecule has 17 heavy (non-hydrogen) atoms. The van der Waals surface area contributed by atoms with Gasteiger partial charge in [0.2, 0.25) is 0 Å². The van der Waals surface area contributed by atoms with Crippen LogP contribution in [-0.4, -0.2) is 18.3 Å². The summed E-state index contributed by atoms with van der Waals surface area (Å²) in [5, 5.41) is 10.6. The predicted octanol–water partition coefficient (Wildman–Crippen LogP) is 3.23. The van der Waals surface area contributed by atoms with Gasteiger partial charge in [-0.3, -0.25) is 0 Å². The van der Waals surface area contributed by atoms with E-state index >= 15 is 0 Å². The van der Waals surface area contributed by atoms with Crippen molar-refractivity contribution in [2.24, 2.45) is 11.7 Å². The molecule has 1 aromatic carbocycles. The van der Waals surface area contributed by atoms with Crippen molar-refractivity contribution in [3.05, 3.63) is 27.2 Å². The summed E-state index contributed by atoms with van der Waals surface area (Å²) >= 11 is 9.26. The molecule has 1 saturated heterocycles. The SMILES string of the molecule is N[C@H](c1cc(Cl)cc(Br)c1O)C1CCOCC1. The second-order valence-corrected chi connectivity index (χ2v) is 5.59. The van der Waals surface area contributed by atoms with Crippen molar-refractivity contribution >= 4 is 27.5 Å². The number of phenols is 1. The number of rotatable bonds is 2. The third kappa shape index (κ3) is 2.94. The number of nitrogens with two attached hydrogens (primary N) is 1. The van der Waals surface area contributed by atoms with E-state index in [1.165, 1.54) is 0 Å². The van der Waals surface area contributed by atoms with E-state index in [-0.39, 0.29) is 11.8 Å². The standard InChI is InChI=1S/C12H15BrClNO2/c13-10-6-8(14)5-9(12(10)16)11(15)7-1-3-17-4-2-7/h5-7,11,16H,1-4,15H2/t11-/m0/s1. The Labute approximate surface area is 114 Å². The van der Waals surface area contributed by atoms with Crippen LogP contribution in [-0.2, 0) is 4.74 Å². The lowest BCUT2D eigenvalue weighted by Gasteiger charge is -2.28. The van der Waals surface area contributed by atoms with E-state index in [1.807, 2.05) is 0 Å². The maximum Gasteiger partial charge on any atom is 0.134 e. The molecular weight excluding hydrogens is 305 g/mol. The minimum absolute atomic E-state index is 0.188. The van der Waals surface area contributed by atoms with Crippen LogP contribution in [0.4, 0.5) is 0 Å². The van der Waals surface area contributed by atoms with Crippen LogP contribution in [0.15, 0.2) is 16.6 Å². The van der Waals surface area contributed by atoms with Crippen LogP contribution < -0.4 is 5.73 Å². The number of aromatic hydroxyl groups is 1. The van der Waals surface area contributed by atoms with Gasteiger partial charge in [-0.1, -0.05) is 11.6 Å². The lowest BCUT2D eigenvalue weighted by Crippen LogP contribution is -2.27. The summed E-state index contributed by atoms with van der Waals surface area (Å²) in [5.74, 6) is 0.522. The molecule has 1 aliphatic heterocycles. The lowest BCUT2D eigenvalue weighted by molar-refractivity contribution is 0.0581. The maximum atomic E-state index is 10.0. The predicted molar refractivity (Wildman–Crippen MR) is 71.3 cm³/mol. The summed E-state index contributed by atoms with van der Waals surface area (Å²) < 4.78 is 5.90. The summed E-state index contributed by atoms with van der Waals surface area (Å²) in [6.07, 6.45) is 1.84. The minimum atomic E-state index is -0.200. The zero-order valence-electron chi connectivity index (χ0n) is 9.33. The molecule has 5 heteroatoms. The van der Waals surface area contributed by atoms with E-state index in [2.05, 4.69) is 15.9 Å². The Morgan fingerprint density at radius 3 is 2.71 bits per heavy atom. The van der Waals surface area contributed by atoms with E-state index in [0.717, 1.165) is 26.1 Å². The highest BCUT2D eigenvalue weighted by atomic mass is 79.9. The first-order valence-corrected chi connectivity index (χ1v) is 6.78. The van der Waals surface area contributed by atoms with Gasteiger partial charge in [-0.2, -0.15) is 0 Å². The highest BCUT2D eigenvalue weighted by Gasteiger charge is 2.25. The molecule has 0 aliphatic carbocycles. The van der Waals surface area contributed by atoms with Crippen molar-refractivity contribution < 1.29 is 9.84 Å². The summed E-state index contributed by atoms with van der Waals surface area (Å²) in [4.78, 5) is 0. The highest BCUT2D eigenvalue weighted by Crippen LogP contribution is 2.38. The van der Waals surface area contributed by atoms with Crippen LogP contribution in [0.3, 0.4) is 0 Å². The Balaban J connectivity index is 2.26. The number of benzene rings is 1. The van der Waals surface area contributed by atoms with Gasteiger partial charge in [0.05, 0.1) is 4.47 Å². The number of hydrogen-bond donors (Lipinski definition) is 2. The van der Waals surface area contributed by atoms with Crippen molar-refractivity contribution in [1.82, 2.24) is 0 Å². The van der Waals surface area contributed by atoms with Gasteiger partial charge < -0.3 is 15.6 Å². The largest absolute Gasteiger partial charge is 0.506 e. The first kappa shape index (κ1) is 13.1. The first-order valence-electron chi connectivity index (χ1n) is 5.61. The van der Waals surface area contributed by atoms with Crippen LogP contribution in [0.5, 0.6) is 5.75 Å². The Bertz CT molecular complexity index is 408. The van der Waals surface area contributed by atoms with Gasteiger partial charge in [0.15, 0.2) is 0 Å². The minimum Gasteiger partial charge on any atom is -0.506 e. The van der Waals surface area contributed by atoms with Crippen molar-refractivity contribution in [2.45, 2.75) is 18.9 Å². The average Bonchev–Trinajstić information content (AvgIpc) is 2.34. The quantitative estimate of drug-likeness (QED) is 0.879. The fraction of sp³-hybridized carbons (Fsp3) is 0.500. The Morgan fingerprint density at radius 1 is 1.41 bits per heavy atom. The second kappa shape index (κ2) is 5.57. The summed E-state index contributed by atoms with van der Waals surface area (Å²) in [6, 6.07) is 3.20. The molecule has 0 spiro atoms. The molecule has 1 heterocycles. The normalized spacial score (nSPS) is 19.2. The van der Waals surface area contributed by atoms with Crippen molar-refractivity contribution in [3.8, 4) is 5.75 Å². The van der Waals surface area contributed by atoms with E-state index in [0.29, 0.717) is 21.0 Å². The Morgan fingerprint density at radius 2 is 2.06 bits per heavy atom. The molecule has 3 N–H and O–H groups in total. The molecule has 94 valence electrons. The fourth-order valence-corrected chi connectivity index (χ4v) is 3.00. The van der Waals surface area contributed by atoms with Gasteiger partial charge in [-0.05, 0) is 46.8 Å². The van der Waals surface area contributed by atoms with E-state index in [4.69, 9.17) is 22.1 Å². The molecule has 0 aromatic heterocycles. The Hall–Kier alpha value is -0.290. The lowest BCUT2D eigenvalue weighted by atomic mass is 9.87. The van der Waals surface area contributed by atoms with E-state index < -0.39 is 0 Å². The van der Waals surface area contributed by atoms with Gasteiger partial charge >= 0.3 is 0 Å². The molecule has 1 fully saturated rings. The van der Waals surface area contributed by atoms with Crippen LogP contribution in [0.1, 0.15) is 24.4 Å². The molecule has 1 aromatic rings. The van der Waals surface area contributed by atoms with Gasteiger partial charge in [-0.25, -0.2) is 0 Å². The molecule has 0 radical (unpaired) electrons. The third-order valence-corrected chi connectivity index (χ3v) is 4.01. The monoisotopic (exact) mass is 319 g/mol. The highest BCUT2D eigenvalue weighted by molar-refractivity contribution is 9.10. The first-order chi connectivity index (χ1) is 8.09. The smallest absolute Gasteiger partial charge is 0.134 e. The van der Waals surface area contributed by atoms with Crippen LogP contribution in [0.25, 0.3) is 0 Å². The van der Waals surface area contributed by atoms with E-state index in [9.17, 15) is 5.11 Å². The molecular formula is C12H15BrClNO2. The topological polar surface area (TPSA) is 55.5 Å². The number of ether oxygens (including phenoxy) is 1. The molecule has 0 unspecified atom stereocenters. The molecule has 2 rings (SSSR count). The van der Waals surface area contributed by atoms with Gasteiger partial charge in [0.25, 0.3) is 0 Å². The van der Waals surface area contributed by atoms with Crippen LogP contribution >= 0.6 is 27.5 Å². The van der Waals surface area contributed by atoms with Crippen molar-refractivity contribution in [2.75, 3.05) is 13.2 Å². The summed E-state index contributed by atoms with van der Waals surface area (Å²) in [7, 11) is 0. The molecule has 0 bridgehead atoms. The zero-order valence-corrected chi connectivity index (χ0v) is 11.7. The van der Waals surface area contributed by atoms with Crippen LogP contribution in [0.2, 0.25) is 5.02 Å². The van der Waals surface area contributed by atoms with Crippen molar-refractivity contribution in [1.29, 1.82) is 0 Å². The summed E-state index contributed by atoms with van der Waals surface area (Å²) in [5.41, 5.74) is 6.92. The maximum absolute atomic E-state index is 10.0. The van der Waals surface area contributed by atoms with Crippen LogP contribution in [0, 0.1) is 5.92 Å². The molecule has 0 amide bonds. The molecule has 3 nitrogen and oxygen atoms in total. The average molecular weight is 321 g/mol. The summed E-state index contributed by atoms with van der Waals surface area (Å²) in [6.45, 7) is 1.47. The molecule has 1 atom stereocenters. The van der Waals surface area contributed by atoms with Gasteiger partial charge in [-0.15, -0.1) is 0 Å². The third-order valence-electron chi connectivity index (χ3n) is 3.19. The molecule has 0 saturated carbocycles. The van der Waals surface area contributed by atoms with E-state index in [1.54, 1.807) is 12.1 Å². The zero-order chi connectivity index (χ0) is 12.4. The van der Waals surface area contributed by atoms with Gasteiger partial charge in [0.1, 0.15) is 5.75 Å². The Kier molecular flexibility index (Phi) is 4.31. The number of hydrogen-bond acceptors (Lipinski definition) is 3. The number of phenolic OH excluding ortho intramolecular Hbond substituents is 1. The number of halogens is 2.